The lowest BCUT2D eigenvalue weighted by molar-refractivity contribution is 0.242. The molecule has 1 fully saturated rings. The van der Waals surface area contributed by atoms with Crippen molar-refractivity contribution >= 4 is 27.9 Å². The first-order valence-corrected chi connectivity index (χ1v) is 9.56. The number of rotatable bonds is 7. The third-order valence-electron chi connectivity index (χ3n) is 4.35. The normalized spacial score (nSPS) is 14.6. The number of nitrogens with zero attached hydrogens (tertiary/aromatic N) is 3. The zero-order valence-corrected chi connectivity index (χ0v) is 15.2. The molecule has 2 aromatic heterocycles. The van der Waals surface area contributed by atoms with Crippen molar-refractivity contribution in [2.75, 3.05) is 6.61 Å². The van der Waals surface area contributed by atoms with E-state index in [2.05, 4.69) is 38.0 Å². The minimum Gasteiger partial charge on any atom is -0.494 e. The van der Waals surface area contributed by atoms with Crippen LogP contribution in [0.15, 0.2) is 35.8 Å². The molecule has 1 aromatic carbocycles. The van der Waals surface area contributed by atoms with Crippen molar-refractivity contribution in [3.63, 3.8) is 0 Å². The van der Waals surface area contributed by atoms with Gasteiger partial charge in [-0.2, -0.15) is 0 Å². The van der Waals surface area contributed by atoms with E-state index < -0.39 is 0 Å². The molecule has 0 amide bonds. The number of hydrogen-bond acceptors (Lipinski definition) is 4. The second-order valence-corrected chi connectivity index (χ2v) is 7.35. The predicted octanol–water partition coefficient (Wildman–Crippen LogP) is 4.61. The van der Waals surface area contributed by atoms with Crippen LogP contribution in [0.1, 0.15) is 31.0 Å². The molecule has 6 heteroatoms. The Labute approximate surface area is 150 Å². The Morgan fingerprint density at radius 2 is 2.08 bits per heavy atom. The summed E-state index contributed by atoms with van der Waals surface area (Å²) >= 11 is 7.99. The maximum Gasteiger partial charge on any atom is 0.195 e. The van der Waals surface area contributed by atoms with E-state index in [0.29, 0.717) is 17.8 Å². The average Bonchev–Trinajstić information content (AvgIpc) is 3.26. The molecule has 1 saturated carbocycles. The van der Waals surface area contributed by atoms with Crippen LogP contribution in [0.25, 0.3) is 4.96 Å². The lowest BCUT2D eigenvalue weighted by Crippen LogP contribution is -2.25. The summed E-state index contributed by atoms with van der Waals surface area (Å²) in [4.78, 5) is 7.92. The van der Waals surface area contributed by atoms with Crippen molar-refractivity contribution in [2.24, 2.45) is 0 Å². The predicted molar refractivity (Wildman–Crippen MR) is 98.0 cm³/mol. The third kappa shape index (κ3) is 3.29. The summed E-state index contributed by atoms with van der Waals surface area (Å²) in [5.41, 5.74) is 2.39. The standard InChI is InChI=1S/C18H20ClN3OS/c1-2-23-15-7-3-13(4-8-15)11-21(14-5-6-14)12-16-17(19)20-18-22(16)9-10-24-18/h3-4,7-10,14H,2,5-6,11-12H2,1H3. The van der Waals surface area contributed by atoms with Gasteiger partial charge in [-0.3, -0.25) is 9.30 Å². The minimum atomic E-state index is 0.624. The number of aromatic nitrogens is 2. The summed E-state index contributed by atoms with van der Waals surface area (Å²) in [5, 5.41) is 2.68. The van der Waals surface area contributed by atoms with E-state index in [1.165, 1.54) is 18.4 Å². The van der Waals surface area contributed by atoms with Gasteiger partial charge in [-0.15, -0.1) is 11.3 Å². The first-order valence-electron chi connectivity index (χ1n) is 8.30. The fourth-order valence-corrected chi connectivity index (χ4v) is 4.00. The van der Waals surface area contributed by atoms with Gasteiger partial charge in [0, 0.05) is 30.7 Å². The molecule has 0 bridgehead atoms. The summed E-state index contributed by atoms with van der Waals surface area (Å²) in [6, 6.07) is 9.05. The van der Waals surface area contributed by atoms with Crippen molar-refractivity contribution in [2.45, 2.75) is 38.9 Å². The SMILES string of the molecule is CCOc1ccc(CN(Cc2c(Cl)nc3sccn23)C2CC2)cc1. The number of imidazole rings is 1. The monoisotopic (exact) mass is 361 g/mol. The lowest BCUT2D eigenvalue weighted by atomic mass is 10.2. The Morgan fingerprint density at radius 3 is 2.79 bits per heavy atom. The van der Waals surface area contributed by atoms with Crippen LogP contribution in [0.5, 0.6) is 5.75 Å². The van der Waals surface area contributed by atoms with Crippen LogP contribution < -0.4 is 4.74 Å². The van der Waals surface area contributed by atoms with E-state index in [4.69, 9.17) is 16.3 Å². The molecule has 0 aliphatic heterocycles. The molecule has 3 aromatic rings. The van der Waals surface area contributed by atoms with E-state index >= 15 is 0 Å². The number of thiazole rings is 1. The van der Waals surface area contributed by atoms with Crippen LogP contribution in [0.2, 0.25) is 5.15 Å². The first-order chi connectivity index (χ1) is 11.7. The Hall–Kier alpha value is -1.56. The quantitative estimate of drug-likeness (QED) is 0.615. The van der Waals surface area contributed by atoms with Gasteiger partial charge in [0.1, 0.15) is 5.75 Å². The summed E-state index contributed by atoms with van der Waals surface area (Å²) in [6.45, 7) is 4.45. The molecule has 0 unspecified atom stereocenters. The van der Waals surface area contributed by atoms with Crippen molar-refractivity contribution in [1.82, 2.24) is 14.3 Å². The Morgan fingerprint density at radius 1 is 1.29 bits per heavy atom. The molecular formula is C18H20ClN3OS. The highest BCUT2D eigenvalue weighted by molar-refractivity contribution is 7.15. The molecule has 0 saturated heterocycles. The van der Waals surface area contributed by atoms with Gasteiger partial charge in [0.15, 0.2) is 10.1 Å². The van der Waals surface area contributed by atoms with Gasteiger partial charge in [0.2, 0.25) is 0 Å². The summed E-state index contributed by atoms with van der Waals surface area (Å²) < 4.78 is 7.64. The first kappa shape index (κ1) is 15.9. The number of hydrogen-bond donors (Lipinski definition) is 0. The van der Waals surface area contributed by atoms with Gasteiger partial charge >= 0.3 is 0 Å². The molecule has 4 nitrogen and oxygen atoms in total. The largest absolute Gasteiger partial charge is 0.494 e. The second-order valence-electron chi connectivity index (χ2n) is 6.12. The fraction of sp³-hybridized carbons (Fsp3) is 0.389. The van der Waals surface area contributed by atoms with E-state index in [-0.39, 0.29) is 0 Å². The molecule has 4 rings (SSSR count). The minimum absolute atomic E-state index is 0.624. The maximum absolute atomic E-state index is 6.37. The zero-order chi connectivity index (χ0) is 16.5. The smallest absolute Gasteiger partial charge is 0.195 e. The summed E-state index contributed by atoms with van der Waals surface area (Å²) in [7, 11) is 0. The molecule has 0 spiro atoms. The van der Waals surface area contributed by atoms with Crippen LogP contribution in [0.3, 0.4) is 0 Å². The molecule has 1 aliphatic carbocycles. The Kier molecular flexibility index (Phi) is 4.48. The van der Waals surface area contributed by atoms with Gasteiger partial charge < -0.3 is 4.74 Å². The highest BCUT2D eigenvalue weighted by Gasteiger charge is 2.30. The molecule has 2 heterocycles. The molecule has 0 radical (unpaired) electrons. The van der Waals surface area contributed by atoms with Crippen molar-refractivity contribution in [1.29, 1.82) is 0 Å². The number of halogens is 1. The third-order valence-corrected chi connectivity index (χ3v) is 5.41. The molecule has 0 atom stereocenters. The van der Waals surface area contributed by atoms with Crippen molar-refractivity contribution < 1.29 is 4.74 Å². The average molecular weight is 362 g/mol. The number of ether oxygens (including phenoxy) is 1. The zero-order valence-electron chi connectivity index (χ0n) is 13.6. The lowest BCUT2D eigenvalue weighted by Gasteiger charge is -2.22. The molecular weight excluding hydrogens is 342 g/mol. The number of benzene rings is 1. The topological polar surface area (TPSA) is 29.8 Å². The van der Waals surface area contributed by atoms with E-state index in [1.807, 2.05) is 19.1 Å². The van der Waals surface area contributed by atoms with Crippen LogP contribution in [0.4, 0.5) is 0 Å². The van der Waals surface area contributed by atoms with E-state index in [0.717, 1.165) is 29.5 Å². The second kappa shape index (κ2) is 6.75. The maximum atomic E-state index is 6.37. The molecule has 1 aliphatic rings. The van der Waals surface area contributed by atoms with Gasteiger partial charge in [0.05, 0.1) is 12.3 Å². The number of fused-ring (bicyclic) bond motifs is 1. The van der Waals surface area contributed by atoms with Crippen molar-refractivity contribution in [3.8, 4) is 5.75 Å². The molecule has 24 heavy (non-hydrogen) atoms. The van der Waals surface area contributed by atoms with Crippen molar-refractivity contribution in [3.05, 3.63) is 52.3 Å². The Bertz CT molecular complexity index is 823. The molecule has 126 valence electrons. The van der Waals surface area contributed by atoms with Gasteiger partial charge in [-0.1, -0.05) is 23.7 Å². The van der Waals surface area contributed by atoms with Crippen LogP contribution >= 0.6 is 22.9 Å². The van der Waals surface area contributed by atoms with Crippen LogP contribution in [0, 0.1) is 0 Å². The summed E-state index contributed by atoms with van der Waals surface area (Å²) in [5.74, 6) is 0.929. The highest BCUT2D eigenvalue weighted by Crippen LogP contribution is 2.32. The fourth-order valence-electron chi connectivity index (χ4n) is 2.99. The van der Waals surface area contributed by atoms with Gasteiger partial charge in [-0.25, -0.2) is 4.98 Å². The Balaban J connectivity index is 1.52. The van der Waals surface area contributed by atoms with E-state index in [1.54, 1.807) is 11.3 Å². The highest BCUT2D eigenvalue weighted by atomic mass is 35.5. The van der Waals surface area contributed by atoms with Gasteiger partial charge in [-0.05, 0) is 37.5 Å². The van der Waals surface area contributed by atoms with Crippen LogP contribution in [-0.4, -0.2) is 26.9 Å². The van der Waals surface area contributed by atoms with Crippen LogP contribution in [-0.2, 0) is 13.1 Å². The van der Waals surface area contributed by atoms with Gasteiger partial charge in [0.25, 0.3) is 0 Å². The van der Waals surface area contributed by atoms with E-state index in [9.17, 15) is 0 Å². The molecule has 0 N–H and O–H groups in total. The summed E-state index contributed by atoms with van der Waals surface area (Å²) in [6.07, 6.45) is 4.58.